The summed E-state index contributed by atoms with van der Waals surface area (Å²) < 4.78 is 29.9. The third-order valence-corrected chi connectivity index (χ3v) is 6.69. The summed E-state index contributed by atoms with van der Waals surface area (Å²) in [5, 5.41) is 0. The second kappa shape index (κ2) is 9.24. The second-order valence-corrected chi connectivity index (χ2v) is 9.24. The number of carbonyl (C=O) groups excluding carboxylic acids is 2. The molecule has 2 fully saturated rings. The molecule has 3 rings (SSSR count). The first-order chi connectivity index (χ1) is 14.6. The van der Waals surface area contributed by atoms with E-state index in [0.717, 1.165) is 37.7 Å². The Bertz CT molecular complexity index is 769. The molecule has 2 unspecified atom stereocenters. The van der Waals surface area contributed by atoms with Gasteiger partial charge in [0, 0.05) is 16.5 Å². The molecule has 0 N–H and O–H groups in total. The van der Waals surface area contributed by atoms with Crippen molar-refractivity contribution in [1.29, 1.82) is 0 Å². The molecular weight excluding hydrogens is 348 g/mol. The highest BCUT2D eigenvalue weighted by molar-refractivity contribution is 5.83. The molecule has 154 valence electrons. The van der Waals surface area contributed by atoms with Gasteiger partial charge in [-0.3, -0.25) is 9.59 Å². The van der Waals surface area contributed by atoms with Crippen LogP contribution < -0.4 is 0 Å². The zero-order valence-electron chi connectivity index (χ0n) is 20.4. The normalized spacial score (nSPS) is 31.1. The number of hydrogen-bond donors (Lipinski definition) is 0. The number of esters is 1. The van der Waals surface area contributed by atoms with E-state index >= 15 is 0 Å². The molecule has 0 aliphatic heterocycles. The number of ether oxygens (including phenoxy) is 1. The number of benzene rings is 1. The molecule has 28 heavy (non-hydrogen) atoms. The molecule has 0 heterocycles. The minimum Gasteiger partial charge on any atom is -0.462 e. The fourth-order valence-electron chi connectivity index (χ4n) is 4.84. The summed E-state index contributed by atoms with van der Waals surface area (Å²) in [6.07, 6.45) is 5.89. The van der Waals surface area contributed by atoms with E-state index in [4.69, 9.17) is 8.85 Å². The lowest BCUT2D eigenvalue weighted by molar-refractivity contribution is -0.157. The lowest BCUT2D eigenvalue weighted by atomic mass is 9.75. The quantitative estimate of drug-likeness (QED) is 0.588. The van der Waals surface area contributed by atoms with Crippen molar-refractivity contribution in [3.8, 4) is 0 Å². The summed E-state index contributed by atoms with van der Waals surface area (Å²) in [5.41, 5.74) is 1.46. The Labute approximate surface area is 174 Å². The van der Waals surface area contributed by atoms with Crippen LogP contribution in [0.15, 0.2) is 24.3 Å². The maximum atomic E-state index is 13.1. The Kier molecular flexibility index (Phi) is 5.69. The fourth-order valence-corrected chi connectivity index (χ4v) is 4.84. The Balaban J connectivity index is 1.75. The molecule has 3 nitrogen and oxygen atoms in total. The lowest BCUT2D eigenvalue weighted by Crippen LogP contribution is -2.36. The van der Waals surface area contributed by atoms with Crippen molar-refractivity contribution in [2.75, 3.05) is 0 Å². The maximum Gasteiger partial charge on any atom is 0.313 e. The molecule has 0 spiro atoms. The minimum absolute atomic E-state index is 0.0653. The predicted octanol–water partition coefficient (Wildman–Crippen LogP) is 5.71. The minimum atomic E-state index is -2.48. The van der Waals surface area contributed by atoms with E-state index in [2.05, 4.69) is 20.8 Å². The zero-order valence-corrected chi connectivity index (χ0v) is 17.4. The predicted molar refractivity (Wildman–Crippen MR) is 112 cm³/mol. The Morgan fingerprint density at radius 3 is 2.57 bits per heavy atom. The average Bonchev–Trinajstić information content (AvgIpc) is 3.06. The standard InChI is InChI=1S/C25H36O3/c1-16(2)22-13-8-17(3)14-24(22)28-25(27)18(4)20-11-9-19(10-12-20)15-21-6-5-7-23(21)26/h9-12,16-18,21-22,24H,5-8,13-15H2,1-4H3/t17-,18?,21?,22+,24-/m1/s1/i4D3. The largest absolute Gasteiger partial charge is 0.462 e. The van der Waals surface area contributed by atoms with Crippen molar-refractivity contribution in [3.05, 3.63) is 35.4 Å². The monoisotopic (exact) mass is 387 g/mol. The van der Waals surface area contributed by atoms with Crippen LogP contribution in [0.3, 0.4) is 0 Å². The van der Waals surface area contributed by atoms with Gasteiger partial charge in [-0.15, -0.1) is 0 Å². The van der Waals surface area contributed by atoms with Crippen LogP contribution in [0.4, 0.5) is 0 Å². The molecule has 2 aliphatic rings. The summed E-state index contributed by atoms with van der Waals surface area (Å²) >= 11 is 0. The Morgan fingerprint density at radius 1 is 1.21 bits per heavy atom. The van der Waals surface area contributed by atoms with Gasteiger partial charge in [-0.25, -0.2) is 0 Å². The molecule has 0 saturated heterocycles. The van der Waals surface area contributed by atoms with Crippen molar-refractivity contribution in [3.63, 3.8) is 0 Å². The smallest absolute Gasteiger partial charge is 0.313 e. The first kappa shape index (κ1) is 17.2. The summed E-state index contributed by atoms with van der Waals surface area (Å²) in [6.45, 7) is 3.95. The van der Waals surface area contributed by atoms with Gasteiger partial charge in [0.05, 0.1) is 5.92 Å². The number of Topliss-reactive ketones (excluding diaryl/α,β-unsaturated/α-hetero) is 1. The number of carbonyl (C=O) groups is 2. The third kappa shape index (κ3) is 5.04. The van der Waals surface area contributed by atoms with E-state index in [1.807, 2.05) is 12.1 Å². The van der Waals surface area contributed by atoms with Crippen molar-refractivity contribution in [1.82, 2.24) is 0 Å². The van der Waals surface area contributed by atoms with Gasteiger partial charge in [0.2, 0.25) is 0 Å². The fraction of sp³-hybridized carbons (Fsp3) is 0.680. The van der Waals surface area contributed by atoms with Crippen LogP contribution in [-0.2, 0) is 20.7 Å². The molecule has 1 aromatic carbocycles. The van der Waals surface area contributed by atoms with Gasteiger partial charge in [-0.05, 0) is 67.8 Å². The summed E-state index contributed by atoms with van der Waals surface area (Å²) in [5.74, 6) is -0.442. The van der Waals surface area contributed by atoms with E-state index in [0.29, 0.717) is 36.0 Å². The van der Waals surface area contributed by atoms with E-state index in [1.165, 1.54) is 0 Å². The van der Waals surface area contributed by atoms with Crippen molar-refractivity contribution in [2.24, 2.45) is 23.7 Å². The average molecular weight is 388 g/mol. The zero-order chi connectivity index (χ0) is 22.8. The summed E-state index contributed by atoms with van der Waals surface area (Å²) in [7, 11) is 0. The maximum absolute atomic E-state index is 13.1. The SMILES string of the molecule is [2H]C([2H])([2H])C(C(=O)O[C@@H]1C[C@H](C)CC[C@H]1C(C)C)c1ccc(CC2CCCC2=O)cc1. The van der Waals surface area contributed by atoms with Crippen molar-refractivity contribution >= 4 is 11.8 Å². The Hall–Kier alpha value is -1.64. The Morgan fingerprint density at radius 2 is 1.96 bits per heavy atom. The van der Waals surface area contributed by atoms with Gasteiger partial charge in [-0.1, -0.05) is 51.5 Å². The van der Waals surface area contributed by atoms with Crippen LogP contribution >= 0.6 is 0 Å². The lowest BCUT2D eigenvalue weighted by Gasteiger charge is -2.37. The molecule has 0 bridgehead atoms. The van der Waals surface area contributed by atoms with Gasteiger partial charge in [0.15, 0.2) is 0 Å². The third-order valence-electron chi connectivity index (χ3n) is 6.69. The van der Waals surface area contributed by atoms with Gasteiger partial charge in [-0.2, -0.15) is 0 Å². The van der Waals surface area contributed by atoms with Crippen LogP contribution in [0.1, 0.15) is 87.3 Å². The number of rotatable bonds is 6. The van der Waals surface area contributed by atoms with E-state index in [9.17, 15) is 9.59 Å². The van der Waals surface area contributed by atoms with Crippen LogP contribution in [0.5, 0.6) is 0 Å². The molecule has 2 saturated carbocycles. The number of hydrogen-bond acceptors (Lipinski definition) is 3. The summed E-state index contributed by atoms with van der Waals surface area (Å²) in [4.78, 5) is 25.0. The number of ketones is 1. The van der Waals surface area contributed by atoms with Crippen molar-refractivity contribution in [2.45, 2.75) is 84.6 Å². The highest BCUT2D eigenvalue weighted by Crippen LogP contribution is 2.36. The first-order valence-electron chi connectivity index (χ1n) is 12.4. The molecule has 0 aromatic heterocycles. The highest BCUT2D eigenvalue weighted by Gasteiger charge is 2.34. The van der Waals surface area contributed by atoms with Crippen molar-refractivity contribution < 1.29 is 18.4 Å². The van der Waals surface area contributed by atoms with Gasteiger partial charge in [0.25, 0.3) is 0 Å². The summed E-state index contributed by atoms with van der Waals surface area (Å²) in [6, 6.07) is 7.14. The second-order valence-electron chi connectivity index (χ2n) is 9.24. The highest BCUT2D eigenvalue weighted by atomic mass is 16.5. The van der Waals surface area contributed by atoms with Crippen LogP contribution in [0.25, 0.3) is 0 Å². The van der Waals surface area contributed by atoms with E-state index < -0.39 is 18.7 Å². The molecule has 5 atom stereocenters. The molecule has 3 heteroatoms. The van der Waals surface area contributed by atoms with Gasteiger partial charge < -0.3 is 4.74 Å². The van der Waals surface area contributed by atoms with Crippen LogP contribution in [-0.4, -0.2) is 17.9 Å². The molecular formula is C25H36O3. The van der Waals surface area contributed by atoms with E-state index in [1.54, 1.807) is 12.1 Å². The van der Waals surface area contributed by atoms with Crippen LogP contribution in [0, 0.1) is 23.7 Å². The molecule has 0 amide bonds. The molecule has 2 aliphatic carbocycles. The molecule has 0 radical (unpaired) electrons. The van der Waals surface area contributed by atoms with Gasteiger partial charge >= 0.3 is 5.97 Å². The molecule has 1 aromatic rings. The van der Waals surface area contributed by atoms with E-state index in [-0.39, 0.29) is 17.9 Å². The first-order valence-corrected chi connectivity index (χ1v) is 10.9. The topological polar surface area (TPSA) is 43.4 Å². The van der Waals surface area contributed by atoms with Gasteiger partial charge in [0.1, 0.15) is 11.9 Å². The van der Waals surface area contributed by atoms with Crippen LogP contribution in [0.2, 0.25) is 0 Å².